The van der Waals surface area contributed by atoms with Crippen molar-refractivity contribution in [2.24, 2.45) is 20.5 Å². The average Bonchev–Trinajstić information content (AvgIpc) is 3.04. The predicted octanol–water partition coefficient (Wildman–Crippen LogP) is 0.741. The monoisotopic (exact) mass is 759 g/mol. The Bertz CT molecular complexity index is 2460. The quantitative estimate of drug-likeness (QED) is 0.0884. The van der Waals surface area contributed by atoms with Gasteiger partial charge >= 0.3 is 59.1 Å². The summed E-state index contributed by atoms with van der Waals surface area (Å²) in [7, 11) is -10.4. The zero-order valence-electron chi connectivity index (χ0n) is 28.6. The van der Waals surface area contributed by atoms with Crippen LogP contribution in [0.25, 0.3) is 21.9 Å². The van der Waals surface area contributed by atoms with Gasteiger partial charge in [-0.05, 0) is 103 Å². The zero-order chi connectivity index (χ0) is 36.4. The Balaban J connectivity index is 0.00000364. The number of aromatic hydroxyl groups is 1. The molecule has 1 unspecified atom stereocenters. The molecule has 5 rings (SSSR count). The molecule has 0 radical (unpaired) electrons. The summed E-state index contributed by atoms with van der Waals surface area (Å²) in [6, 6.07) is 21.1. The van der Waals surface area contributed by atoms with E-state index in [9.17, 15) is 40.6 Å². The van der Waals surface area contributed by atoms with Gasteiger partial charge in [-0.1, -0.05) is 36.4 Å². The number of azo groups is 2. The molecule has 0 aliphatic heterocycles. The van der Waals surface area contributed by atoms with E-state index in [1.54, 1.807) is 66.7 Å². The largest absolute Gasteiger partial charge is 1.00 e. The van der Waals surface area contributed by atoms with Gasteiger partial charge in [0.2, 0.25) is 6.04 Å². The third-order valence-corrected chi connectivity index (χ3v) is 9.18. The molecule has 0 aliphatic rings. The number of nitrogens with zero attached hydrogens (tertiary/aromatic N) is 4. The predicted molar refractivity (Wildman–Crippen MR) is 181 cm³/mol. The second-order valence-corrected chi connectivity index (χ2v) is 13.9. The van der Waals surface area contributed by atoms with Gasteiger partial charge in [-0.2, -0.15) is 15.3 Å². The van der Waals surface area contributed by atoms with Crippen molar-refractivity contribution in [3.8, 4) is 16.9 Å². The molecule has 2 N–H and O–H groups in total. The maximum atomic E-state index is 12.7. The molecule has 256 valence electrons. The Morgan fingerprint density at radius 2 is 1.31 bits per heavy atom. The fraction of sp³-hybridized carbons (Fsp3) is 0.118. The fourth-order valence-electron chi connectivity index (χ4n) is 5.12. The third kappa shape index (κ3) is 10.0. The molecule has 5 aromatic carbocycles. The Kier molecular flexibility index (Phi) is 14.3. The minimum atomic E-state index is -5.32. The van der Waals surface area contributed by atoms with Crippen molar-refractivity contribution >= 4 is 65.4 Å². The molecular formula is C34H27N5Na2O9S2. The Morgan fingerprint density at radius 3 is 1.83 bits per heavy atom. The summed E-state index contributed by atoms with van der Waals surface area (Å²) in [4.78, 5) is 22.8. The van der Waals surface area contributed by atoms with Crippen LogP contribution >= 0.6 is 0 Å². The molecule has 0 spiro atoms. The molecular weight excluding hydrogens is 733 g/mol. The van der Waals surface area contributed by atoms with Crippen LogP contribution in [0.4, 0.5) is 22.7 Å². The number of carbonyl (C=O) groups excluding carboxylic acids is 2. The molecule has 0 fully saturated rings. The molecule has 0 heterocycles. The first-order chi connectivity index (χ1) is 23.5. The van der Waals surface area contributed by atoms with Crippen LogP contribution in [0.2, 0.25) is 0 Å². The van der Waals surface area contributed by atoms with Crippen LogP contribution in [-0.4, -0.2) is 48.8 Å². The van der Waals surface area contributed by atoms with Crippen LogP contribution < -0.4 is 64.4 Å². The van der Waals surface area contributed by atoms with E-state index >= 15 is 0 Å². The van der Waals surface area contributed by atoms with Crippen molar-refractivity contribution in [2.45, 2.75) is 36.6 Å². The topological polar surface area (TPSA) is 230 Å². The van der Waals surface area contributed by atoms with Gasteiger partial charge in [0.1, 0.15) is 31.7 Å². The first kappa shape index (κ1) is 42.7. The molecule has 1 amide bonds. The van der Waals surface area contributed by atoms with Gasteiger partial charge in [0.25, 0.3) is 5.91 Å². The molecule has 18 heteroatoms. The number of phenols is 1. The van der Waals surface area contributed by atoms with E-state index in [2.05, 4.69) is 25.8 Å². The van der Waals surface area contributed by atoms with E-state index in [1.807, 2.05) is 13.8 Å². The standard InChI is InChI=1S/C34H29N5O9S2.2Na/c1-19-15-24(36-38-32(21(3)40)34(42)35-23-7-5-4-6-8-23)10-12-27(19)28-13-11-25(16-20(28)2)37-39-33-29(41)14-9-22-17-26(49(43,44)45)18-30(31(22)33)50(46,47)48;;/h4-18,32,41H,1-3H3,(H,35,42)(H,43,44,45)(H,46,47,48);;/q;2*+1/p-2. The van der Waals surface area contributed by atoms with E-state index in [0.29, 0.717) is 23.1 Å². The molecule has 0 aromatic heterocycles. The molecule has 1 atom stereocenters. The van der Waals surface area contributed by atoms with Crippen molar-refractivity contribution in [2.75, 3.05) is 5.32 Å². The van der Waals surface area contributed by atoms with Crippen molar-refractivity contribution < 1.29 is 99.8 Å². The van der Waals surface area contributed by atoms with E-state index in [4.69, 9.17) is 0 Å². The van der Waals surface area contributed by atoms with Gasteiger partial charge in [-0.25, -0.2) is 16.8 Å². The van der Waals surface area contributed by atoms with Gasteiger partial charge in [0, 0.05) is 11.1 Å². The number of hydrogen-bond donors (Lipinski definition) is 2. The van der Waals surface area contributed by atoms with Crippen molar-refractivity contribution in [1.29, 1.82) is 0 Å². The molecule has 14 nitrogen and oxygen atoms in total. The number of Topliss-reactive ketones (excluding diaryl/α,β-unsaturated/α-hetero) is 1. The normalized spacial score (nSPS) is 12.3. The maximum absolute atomic E-state index is 12.7. The summed E-state index contributed by atoms with van der Waals surface area (Å²) in [6.45, 7) is 4.92. The number of hydrogen-bond acceptors (Lipinski definition) is 13. The number of anilines is 1. The van der Waals surface area contributed by atoms with E-state index < -0.39 is 64.6 Å². The summed E-state index contributed by atoms with van der Waals surface area (Å²) in [5.74, 6) is -1.63. The number of para-hydroxylation sites is 1. The number of amides is 1. The summed E-state index contributed by atoms with van der Waals surface area (Å²) in [6.07, 6.45) is 0. The van der Waals surface area contributed by atoms with E-state index in [0.717, 1.165) is 40.5 Å². The molecule has 0 bridgehead atoms. The second kappa shape index (κ2) is 17.4. The summed E-state index contributed by atoms with van der Waals surface area (Å²) in [5.41, 5.74) is 4.01. The number of nitrogens with one attached hydrogen (secondary N) is 1. The van der Waals surface area contributed by atoms with Crippen molar-refractivity contribution in [3.05, 3.63) is 102 Å². The van der Waals surface area contributed by atoms with Gasteiger partial charge in [-0.15, -0.1) is 5.11 Å². The first-order valence-corrected chi connectivity index (χ1v) is 17.5. The van der Waals surface area contributed by atoms with Crippen LogP contribution in [0.1, 0.15) is 18.1 Å². The van der Waals surface area contributed by atoms with Crippen LogP contribution in [0.3, 0.4) is 0 Å². The van der Waals surface area contributed by atoms with Gasteiger partial charge in [0.15, 0.2) is 5.78 Å². The Hall–Kier alpha value is -3.68. The van der Waals surface area contributed by atoms with Crippen LogP contribution in [-0.2, 0) is 29.8 Å². The molecule has 0 saturated heterocycles. The Labute approximate surface area is 343 Å². The fourth-order valence-corrected chi connectivity index (χ4v) is 6.47. The van der Waals surface area contributed by atoms with Gasteiger partial charge in [0.05, 0.1) is 21.2 Å². The van der Waals surface area contributed by atoms with E-state index in [1.165, 1.54) is 6.92 Å². The van der Waals surface area contributed by atoms with Crippen LogP contribution in [0.5, 0.6) is 5.75 Å². The number of benzene rings is 5. The summed E-state index contributed by atoms with van der Waals surface area (Å²) >= 11 is 0. The number of fused-ring (bicyclic) bond motifs is 1. The van der Waals surface area contributed by atoms with Gasteiger partial charge < -0.3 is 19.5 Å². The van der Waals surface area contributed by atoms with Gasteiger partial charge in [-0.3, -0.25) is 9.59 Å². The minimum Gasteiger partial charge on any atom is -0.744 e. The number of phenolic OH excluding ortho intramolecular Hbond substituents is 1. The number of aryl methyl sites for hydroxylation is 2. The SMILES string of the molecule is CC(=O)C(N=Nc1ccc(-c2ccc(N=Nc3c(O)ccc4cc(S(=O)(=O)[O-])cc(S(=O)(=O)[O-])c34)cc2C)c(C)c1)C(=O)Nc1ccccc1.[Na+].[Na+]. The zero-order valence-corrected chi connectivity index (χ0v) is 34.2. The first-order valence-electron chi connectivity index (χ1n) is 14.6. The third-order valence-electron chi connectivity index (χ3n) is 7.50. The maximum Gasteiger partial charge on any atom is 1.00 e. The van der Waals surface area contributed by atoms with Crippen molar-refractivity contribution in [1.82, 2.24) is 0 Å². The molecule has 5 aromatic rings. The number of ketones is 1. The van der Waals surface area contributed by atoms with Crippen LogP contribution in [0, 0.1) is 13.8 Å². The van der Waals surface area contributed by atoms with Crippen LogP contribution in [0.15, 0.2) is 121 Å². The average molecular weight is 760 g/mol. The Morgan fingerprint density at radius 1 is 0.731 bits per heavy atom. The molecule has 0 saturated carbocycles. The number of rotatable bonds is 10. The molecule has 52 heavy (non-hydrogen) atoms. The summed E-state index contributed by atoms with van der Waals surface area (Å²) in [5, 5.41) is 28.9. The second-order valence-electron chi connectivity index (χ2n) is 11.1. The van der Waals surface area contributed by atoms with E-state index in [-0.39, 0.29) is 64.5 Å². The number of carbonyl (C=O) groups is 2. The van der Waals surface area contributed by atoms with Crippen molar-refractivity contribution in [3.63, 3.8) is 0 Å². The summed E-state index contributed by atoms with van der Waals surface area (Å²) < 4.78 is 71.0. The minimum absolute atomic E-state index is 0. The smallest absolute Gasteiger partial charge is 0.744 e. The molecule has 0 aliphatic carbocycles.